The second-order valence-electron chi connectivity index (χ2n) is 8.42. The van der Waals surface area contributed by atoms with Crippen molar-refractivity contribution in [2.24, 2.45) is 0 Å². The molecule has 0 unspecified atom stereocenters. The fourth-order valence-electron chi connectivity index (χ4n) is 4.73. The minimum Gasteiger partial charge on any atom is -0.478 e. The van der Waals surface area contributed by atoms with Crippen molar-refractivity contribution in [2.45, 2.75) is 44.6 Å². The third kappa shape index (κ3) is 3.97. The first-order chi connectivity index (χ1) is 16.0. The minimum atomic E-state index is -0.990. The summed E-state index contributed by atoms with van der Waals surface area (Å²) < 4.78 is 30.7. The zero-order valence-corrected chi connectivity index (χ0v) is 17.8. The first-order valence-electron chi connectivity index (χ1n) is 11.0. The van der Waals surface area contributed by atoms with Gasteiger partial charge in [-0.15, -0.1) is 10.2 Å². The largest absolute Gasteiger partial charge is 0.478 e. The van der Waals surface area contributed by atoms with Crippen LogP contribution >= 0.6 is 0 Å². The van der Waals surface area contributed by atoms with Gasteiger partial charge in [-0.2, -0.15) is 8.78 Å². The Kier molecular flexibility index (Phi) is 5.58. The molecule has 2 aromatic heterocycles. The average molecular weight is 448 g/mol. The van der Waals surface area contributed by atoms with Crippen molar-refractivity contribution in [3.8, 4) is 11.1 Å². The molecule has 1 aliphatic carbocycles. The molecule has 0 radical (unpaired) electrons. The van der Waals surface area contributed by atoms with Crippen LogP contribution in [0.25, 0.3) is 22.2 Å². The van der Waals surface area contributed by atoms with Gasteiger partial charge in [-0.25, -0.2) is 9.78 Å². The molecule has 1 aliphatic rings. The summed E-state index contributed by atoms with van der Waals surface area (Å²) in [4.78, 5) is 16.0. The molecule has 1 fully saturated rings. The summed E-state index contributed by atoms with van der Waals surface area (Å²) in [5, 5.41) is 16.1. The molecule has 0 atom stereocenters. The smallest absolute Gasteiger partial charge is 0.336 e. The maximum atomic E-state index is 14.7. The molecule has 0 amide bonds. The van der Waals surface area contributed by atoms with Crippen LogP contribution in [0.2, 0.25) is 0 Å². The number of aromatic carboxylic acids is 1. The highest BCUT2D eigenvalue weighted by Crippen LogP contribution is 2.35. The molecule has 0 spiro atoms. The van der Waals surface area contributed by atoms with Crippen LogP contribution < -0.4 is 0 Å². The first-order valence-corrected chi connectivity index (χ1v) is 11.0. The Morgan fingerprint density at radius 2 is 1.67 bits per heavy atom. The van der Waals surface area contributed by atoms with Gasteiger partial charge in [-0.3, -0.25) is 0 Å². The Bertz CT molecular complexity index is 1330. The number of benzene rings is 2. The van der Waals surface area contributed by atoms with Gasteiger partial charge in [0, 0.05) is 12.5 Å². The molecule has 5 rings (SSSR count). The van der Waals surface area contributed by atoms with E-state index in [2.05, 4.69) is 15.2 Å². The molecule has 1 saturated carbocycles. The normalized spacial score (nSPS) is 14.6. The number of halogens is 2. The Balaban J connectivity index is 1.54. The zero-order valence-electron chi connectivity index (χ0n) is 17.8. The van der Waals surface area contributed by atoms with Crippen molar-refractivity contribution < 1.29 is 18.7 Å². The fraction of sp³-hybridized carbons (Fsp3) is 0.280. The van der Waals surface area contributed by atoms with Gasteiger partial charge in [0.2, 0.25) is 0 Å². The van der Waals surface area contributed by atoms with Crippen molar-refractivity contribution in [1.29, 1.82) is 0 Å². The van der Waals surface area contributed by atoms with Crippen molar-refractivity contribution in [3.05, 3.63) is 77.4 Å². The quantitative estimate of drug-likeness (QED) is 0.432. The molecule has 1 N–H and O–H groups in total. The molecule has 33 heavy (non-hydrogen) atoms. The van der Waals surface area contributed by atoms with E-state index in [1.165, 1.54) is 0 Å². The van der Waals surface area contributed by atoms with E-state index in [1.807, 2.05) is 24.3 Å². The van der Waals surface area contributed by atoms with Crippen molar-refractivity contribution in [2.75, 3.05) is 0 Å². The van der Waals surface area contributed by atoms with Gasteiger partial charge in [-0.05, 0) is 35.6 Å². The Morgan fingerprint density at radius 1 is 0.970 bits per heavy atom. The zero-order chi connectivity index (χ0) is 22.9. The number of aromatic nitrogens is 4. The van der Waals surface area contributed by atoms with Crippen LogP contribution in [0.15, 0.2) is 48.5 Å². The molecule has 0 aliphatic heterocycles. The Labute approximate surface area is 188 Å². The van der Waals surface area contributed by atoms with E-state index in [4.69, 9.17) is 0 Å². The van der Waals surface area contributed by atoms with Crippen molar-refractivity contribution in [1.82, 2.24) is 19.7 Å². The topological polar surface area (TPSA) is 80.9 Å². The average Bonchev–Trinajstić information content (AvgIpc) is 3.23. The maximum absolute atomic E-state index is 14.7. The summed E-state index contributed by atoms with van der Waals surface area (Å²) in [5.74, 6) is -1.91. The third-order valence-electron chi connectivity index (χ3n) is 6.35. The standard InChI is InChI=1S/C25H22F2N4O2/c26-22-20-21(23(27)30-29-22)31(24(28-20)17-6-2-1-3-7-17)14-15-10-12-16(13-11-15)18-8-4-5-9-19(18)25(32)33/h4-5,8-13,17H,1-3,6-7,14H2,(H,32,33). The molecule has 8 heteroatoms. The Hall–Kier alpha value is -3.68. The molecule has 2 heterocycles. The summed E-state index contributed by atoms with van der Waals surface area (Å²) in [5.41, 5.74) is 2.42. The van der Waals surface area contributed by atoms with Gasteiger partial charge in [0.15, 0.2) is 5.52 Å². The van der Waals surface area contributed by atoms with Gasteiger partial charge in [0.25, 0.3) is 11.9 Å². The predicted octanol–water partition coefficient (Wildman–Crippen LogP) is 5.57. The van der Waals surface area contributed by atoms with Crippen LogP contribution in [0.1, 0.15) is 59.8 Å². The Morgan fingerprint density at radius 3 is 2.39 bits per heavy atom. The summed E-state index contributed by atoms with van der Waals surface area (Å²) in [6.07, 6.45) is 5.14. The highest BCUT2D eigenvalue weighted by molar-refractivity contribution is 5.96. The van der Waals surface area contributed by atoms with E-state index in [0.717, 1.165) is 43.2 Å². The van der Waals surface area contributed by atoms with E-state index >= 15 is 0 Å². The highest BCUT2D eigenvalue weighted by Gasteiger charge is 2.26. The van der Waals surface area contributed by atoms with Gasteiger partial charge in [-0.1, -0.05) is 61.7 Å². The minimum absolute atomic E-state index is 0.0309. The lowest BCUT2D eigenvalue weighted by molar-refractivity contribution is 0.0697. The number of rotatable bonds is 5. The molecule has 6 nitrogen and oxygen atoms in total. The number of carbonyl (C=O) groups is 1. The van der Waals surface area contributed by atoms with E-state index in [9.17, 15) is 18.7 Å². The third-order valence-corrected chi connectivity index (χ3v) is 6.35. The lowest BCUT2D eigenvalue weighted by Crippen LogP contribution is -2.13. The predicted molar refractivity (Wildman–Crippen MR) is 119 cm³/mol. The number of hydrogen-bond acceptors (Lipinski definition) is 4. The number of carboxylic acid groups (broad SMARTS) is 1. The summed E-state index contributed by atoms with van der Waals surface area (Å²) in [7, 11) is 0. The van der Waals surface area contributed by atoms with Gasteiger partial charge in [0.1, 0.15) is 11.3 Å². The number of fused-ring (bicyclic) bond motifs is 1. The SMILES string of the molecule is O=C(O)c1ccccc1-c1ccc(Cn2c(C3CCCCC3)nc3c(F)nnc(F)c32)cc1. The van der Waals surface area contributed by atoms with Crippen LogP contribution in [-0.2, 0) is 6.54 Å². The highest BCUT2D eigenvalue weighted by atomic mass is 19.1. The summed E-state index contributed by atoms with van der Waals surface area (Å²) in [6.45, 7) is 0.297. The molecule has 168 valence electrons. The van der Waals surface area contributed by atoms with Crippen molar-refractivity contribution >= 4 is 17.0 Å². The van der Waals surface area contributed by atoms with E-state index < -0.39 is 17.9 Å². The fourth-order valence-corrected chi connectivity index (χ4v) is 4.73. The second-order valence-corrected chi connectivity index (χ2v) is 8.42. The molecule has 2 aromatic carbocycles. The van der Waals surface area contributed by atoms with Crippen LogP contribution in [-0.4, -0.2) is 30.8 Å². The molecular weight excluding hydrogens is 426 g/mol. The molecule has 0 saturated heterocycles. The number of nitrogens with zero attached hydrogens (tertiary/aromatic N) is 4. The first kappa shape index (κ1) is 21.2. The van der Waals surface area contributed by atoms with Gasteiger partial charge >= 0.3 is 5.97 Å². The van der Waals surface area contributed by atoms with Crippen LogP contribution in [0.4, 0.5) is 8.78 Å². The van der Waals surface area contributed by atoms with Crippen molar-refractivity contribution in [3.63, 3.8) is 0 Å². The van der Waals surface area contributed by atoms with Crippen LogP contribution in [0, 0.1) is 11.9 Å². The maximum Gasteiger partial charge on any atom is 0.336 e. The van der Waals surface area contributed by atoms with Gasteiger partial charge < -0.3 is 9.67 Å². The number of hydrogen-bond donors (Lipinski definition) is 1. The number of carboxylic acids is 1. The van der Waals surface area contributed by atoms with Crippen LogP contribution in [0.5, 0.6) is 0 Å². The lowest BCUT2D eigenvalue weighted by atomic mass is 9.88. The molecular formula is C25H22F2N4O2. The summed E-state index contributed by atoms with van der Waals surface area (Å²) >= 11 is 0. The van der Waals surface area contributed by atoms with E-state index in [-0.39, 0.29) is 22.5 Å². The molecule has 4 aromatic rings. The van der Waals surface area contributed by atoms with Gasteiger partial charge in [0.05, 0.1) is 5.56 Å². The van der Waals surface area contributed by atoms with E-state index in [1.54, 1.807) is 28.8 Å². The van der Waals surface area contributed by atoms with Crippen LogP contribution in [0.3, 0.4) is 0 Å². The second kappa shape index (κ2) is 8.69. The lowest BCUT2D eigenvalue weighted by Gasteiger charge is -2.22. The molecule has 0 bridgehead atoms. The monoisotopic (exact) mass is 448 g/mol. The number of imidazole rings is 1. The summed E-state index contributed by atoms with van der Waals surface area (Å²) in [6, 6.07) is 14.2. The van der Waals surface area contributed by atoms with E-state index in [0.29, 0.717) is 17.9 Å².